The van der Waals surface area contributed by atoms with E-state index in [2.05, 4.69) is 60.4 Å². The van der Waals surface area contributed by atoms with E-state index in [1.807, 2.05) is 31.1 Å². The predicted octanol–water partition coefficient (Wildman–Crippen LogP) is 2.83. The van der Waals surface area contributed by atoms with Gasteiger partial charge in [-0.2, -0.15) is 0 Å². The molecule has 1 aromatic heterocycles. The summed E-state index contributed by atoms with van der Waals surface area (Å²) in [7, 11) is 8.09. The Morgan fingerprint density at radius 1 is 0.850 bits per heavy atom. The van der Waals surface area contributed by atoms with Crippen molar-refractivity contribution in [2.45, 2.75) is 13.0 Å². The van der Waals surface area contributed by atoms with Gasteiger partial charge in [0, 0.05) is 25.7 Å². The molecule has 0 aliphatic rings. The summed E-state index contributed by atoms with van der Waals surface area (Å²) < 4.78 is 0. The van der Waals surface area contributed by atoms with Gasteiger partial charge >= 0.3 is 0 Å². The summed E-state index contributed by atoms with van der Waals surface area (Å²) in [6.45, 7) is 2.20. The van der Waals surface area contributed by atoms with E-state index in [0.717, 1.165) is 17.1 Å². The zero-order valence-corrected chi connectivity index (χ0v) is 12.8. The van der Waals surface area contributed by atoms with Gasteiger partial charge in [-0.05, 0) is 38.7 Å². The van der Waals surface area contributed by atoms with E-state index in [0.29, 0.717) is 6.04 Å². The number of nitrogens with zero attached hydrogens (tertiary/aromatic N) is 4. The van der Waals surface area contributed by atoms with Gasteiger partial charge in [-0.15, -0.1) is 10.2 Å². The maximum Gasteiger partial charge on any atom is 0.150 e. The van der Waals surface area contributed by atoms with Gasteiger partial charge in [-0.1, -0.05) is 24.3 Å². The van der Waals surface area contributed by atoms with Gasteiger partial charge in [0.15, 0.2) is 5.82 Å². The Balaban J connectivity index is 2.21. The van der Waals surface area contributed by atoms with Crippen LogP contribution in [0.2, 0.25) is 0 Å². The monoisotopic (exact) mass is 270 g/mol. The highest BCUT2D eigenvalue weighted by Gasteiger charge is 2.08. The zero-order valence-electron chi connectivity index (χ0n) is 12.8. The number of aromatic nitrogens is 2. The van der Waals surface area contributed by atoms with Crippen LogP contribution in [-0.2, 0) is 0 Å². The van der Waals surface area contributed by atoms with Crippen LogP contribution in [0.1, 0.15) is 18.5 Å². The first-order valence-electron chi connectivity index (χ1n) is 6.77. The molecule has 0 fully saturated rings. The first-order chi connectivity index (χ1) is 9.49. The van der Waals surface area contributed by atoms with E-state index in [9.17, 15) is 0 Å². The molecule has 1 aromatic carbocycles. The minimum atomic E-state index is 0.409. The van der Waals surface area contributed by atoms with E-state index < -0.39 is 0 Å². The van der Waals surface area contributed by atoms with Crippen LogP contribution in [0.15, 0.2) is 36.4 Å². The second kappa shape index (κ2) is 6.01. The zero-order chi connectivity index (χ0) is 14.7. The highest BCUT2D eigenvalue weighted by atomic mass is 15.2. The normalized spacial score (nSPS) is 12.5. The van der Waals surface area contributed by atoms with Crippen molar-refractivity contribution in [3.63, 3.8) is 0 Å². The molecule has 1 heterocycles. The van der Waals surface area contributed by atoms with Crippen LogP contribution in [-0.4, -0.2) is 43.3 Å². The van der Waals surface area contributed by atoms with Crippen LogP contribution < -0.4 is 4.90 Å². The molecule has 106 valence electrons. The average molecular weight is 270 g/mol. The predicted molar refractivity (Wildman–Crippen MR) is 83.9 cm³/mol. The summed E-state index contributed by atoms with van der Waals surface area (Å²) >= 11 is 0. The van der Waals surface area contributed by atoms with Gasteiger partial charge in [-0.25, -0.2) is 0 Å². The fraction of sp³-hybridized carbons (Fsp3) is 0.375. The van der Waals surface area contributed by atoms with E-state index in [-0.39, 0.29) is 0 Å². The van der Waals surface area contributed by atoms with Crippen LogP contribution in [0.5, 0.6) is 0 Å². The van der Waals surface area contributed by atoms with Crippen molar-refractivity contribution in [2.75, 3.05) is 33.1 Å². The molecule has 1 atom stereocenters. The fourth-order valence-corrected chi connectivity index (χ4v) is 1.95. The first-order valence-corrected chi connectivity index (χ1v) is 6.77. The summed E-state index contributed by atoms with van der Waals surface area (Å²) in [5.41, 5.74) is 3.30. The van der Waals surface area contributed by atoms with Crippen LogP contribution in [0.4, 0.5) is 5.82 Å². The van der Waals surface area contributed by atoms with Crippen molar-refractivity contribution in [2.24, 2.45) is 0 Å². The lowest BCUT2D eigenvalue weighted by Gasteiger charge is -2.20. The largest absolute Gasteiger partial charge is 0.361 e. The molecule has 2 aromatic rings. The molecule has 0 saturated carbocycles. The van der Waals surface area contributed by atoms with Crippen LogP contribution >= 0.6 is 0 Å². The summed E-state index contributed by atoms with van der Waals surface area (Å²) in [5.74, 6) is 0.867. The second-order valence-corrected chi connectivity index (χ2v) is 5.43. The van der Waals surface area contributed by atoms with Crippen molar-refractivity contribution in [3.05, 3.63) is 42.0 Å². The molecule has 4 heteroatoms. The van der Waals surface area contributed by atoms with Crippen molar-refractivity contribution in [1.29, 1.82) is 0 Å². The molecule has 0 spiro atoms. The van der Waals surface area contributed by atoms with Crippen molar-refractivity contribution >= 4 is 5.82 Å². The first kappa shape index (κ1) is 14.5. The molecule has 0 amide bonds. The maximum atomic E-state index is 4.28. The van der Waals surface area contributed by atoms with Crippen LogP contribution in [0, 0.1) is 0 Å². The third-order valence-corrected chi connectivity index (χ3v) is 3.57. The van der Waals surface area contributed by atoms with Gasteiger partial charge < -0.3 is 9.80 Å². The number of rotatable bonds is 4. The Bertz CT molecular complexity index is 544. The molecule has 0 bridgehead atoms. The lowest BCUT2D eigenvalue weighted by Crippen LogP contribution is -2.16. The molecule has 2 rings (SSSR count). The topological polar surface area (TPSA) is 32.3 Å². The lowest BCUT2D eigenvalue weighted by molar-refractivity contribution is 0.321. The van der Waals surface area contributed by atoms with Gasteiger partial charge in [0.1, 0.15) is 0 Å². The molecule has 0 saturated heterocycles. The van der Waals surface area contributed by atoms with E-state index >= 15 is 0 Å². The van der Waals surface area contributed by atoms with Crippen LogP contribution in [0.25, 0.3) is 11.3 Å². The molecule has 0 radical (unpaired) electrons. The van der Waals surface area contributed by atoms with Crippen molar-refractivity contribution in [1.82, 2.24) is 15.1 Å². The number of hydrogen-bond donors (Lipinski definition) is 0. The molecule has 20 heavy (non-hydrogen) atoms. The standard InChI is InChI=1S/C16H22N4/c1-12(19(2)3)13-6-8-14(9-7-13)15-10-11-16(18-17-15)20(4)5/h6-12H,1-5H3/t12-/m0/s1. The minimum absolute atomic E-state index is 0.409. The highest BCUT2D eigenvalue weighted by Crippen LogP contribution is 2.22. The van der Waals surface area contributed by atoms with Gasteiger partial charge in [0.2, 0.25) is 0 Å². The number of benzene rings is 1. The van der Waals surface area contributed by atoms with E-state index in [4.69, 9.17) is 0 Å². The Labute approximate surface area is 121 Å². The van der Waals surface area contributed by atoms with E-state index in [1.54, 1.807) is 0 Å². The fourth-order valence-electron chi connectivity index (χ4n) is 1.95. The van der Waals surface area contributed by atoms with Gasteiger partial charge in [-0.3, -0.25) is 0 Å². The lowest BCUT2D eigenvalue weighted by atomic mass is 10.0. The van der Waals surface area contributed by atoms with Gasteiger partial charge in [0.05, 0.1) is 5.69 Å². The smallest absolute Gasteiger partial charge is 0.150 e. The summed E-state index contributed by atoms with van der Waals surface area (Å²) in [6.07, 6.45) is 0. The molecule has 0 unspecified atom stereocenters. The quantitative estimate of drug-likeness (QED) is 0.855. The molecule has 0 N–H and O–H groups in total. The molecule has 4 nitrogen and oxygen atoms in total. The van der Waals surface area contributed by atoms with E-state index in [1.165, 1.54) is 5.56 Å². The third-order valence-electron chi connectivity index (χ3n) is 3.57. The third kappa shape index (κ3) is 3.14. The maximum absolute atomic E-state index is 4.28. The average Bonchev–Trinajstić information content (AvgIpc) is 2.46. The summed E-state index contributed by atoms with van der Waals surface area (Å²) in [5, 5.41) is 8.49. The second-order valence-electron chi connectivity index (χ2n) is 5.43. The van der Waals surface area contributed by atoms with Crippen molar-refractivity contribution < 1.29 is 0 Å². The minimum Gasteiger partial charge on any atom is -0.361 e. The Morgan fingerprint density at radius 3 is 1.95 bits per heavy atom. The Kier molecular flexibility index (Phi) is 4.35. The molecule has 0 aliphatic heterocycles. The molecular formula is C16H22N4. The summed E-state index contributed by atoms with van der Waals surface area (Å²) in [4.78, 5) is 4.14. The number of anilines is 1. The Morgan fingerprint density at radius 2 is 1.50 bits per heavy atom. The van der Waals surface area contributed by atoms with Gasteiger partial charge in [0.25, 0.3) is 0 Å². The summed E-state index contributed by atoms with van der Waals surface area (Å²) in [6, 6.07) is 12.9. The van der Waals surface area contributed by atoms with Crippen LogP contribution in [0.3, 0.4) is 0 Å². The molecular weight excluding hydrogens is 248 g/mol. The Hall–Kier alpha value is -1.94. The number of hydrogen-bond acceptors (Lipinski definition) is 4. The SMILES string of the molecule is C[C@@H](c1ccc(-c2ccc(N(C)C)nn2)cc1)N(C)C. The van der Waals surface area contributed by atoms with Crippen molar-refractivity contribution in [3.8, 4) is 11.3 Å². The highest BCUT2D eigenvalue weighted by molar-refractivity contribution is 5.60. The molecule has 0 aliphatic carbocycles.